The van der Waals surface area contributed by atoms with E-state index in [-0.39, 0.29) is 23.6 Å². The van der Waals surface area contributed by atoms with Crippen molar-refractivity contribution in [1.82, 2.24) is 15.2 Å². The van der Waals surface area contributed by atoms with Gasteiger partial charge in [-0.3, -0.25) is 9.59 Å². The highest BCUT2D eigenvalue weighted by atomic mass is 32.1. The van der Waals surface area contributed by atoms with Gasteiger partial charge in [0.25, 0.3) is 11.8 Å². The average Bonchev–Trinajstić information content (AvgIpc) is 3.43. The van der Waals surface area contributed by atoms with E-state index in [1.807, 2.05) is 48.5 Å². The number of likely N-dealkylation sites (tertiary alicyclic amines) is 1. The summed E-state index contributed by atoms with van der Waals surface area (Å²) in [6.07, 6.45) is 3.22. The van der Waals surface area contributed by atoms with Crippen LogP contribution in [0.3, 0.4) is 0 Å². The largest absolute Gasteiger partial charge is 0.339 e. The summed E-state index contributed by atoms with van der Waals surface area (Å²) in [5, 5.41) is 4.19. The number of amides is 2. The second-order valence-corrected chi connectivity index (χ2v) is 13.0. The minimum atomic E-state index is -3.29. The monoisotopic (exact) mass is 640 g/mol. The Kier molecular flexibility index (Phi) is 9.70. The van der Waals surface area contributed by atoms with Crippen LogP contribution in [-0.4, -0.2) is 53.8 Å². The number of anilines is 1. The number of carbonyl (C=O) groups excluding carboxylic acids is 2. The second-order valence-electron chi connectivity index (χ2n) is 12.0. The summed E-state index contributed by atoms with van der Waals surface area (Å²) < 4.78 is 31.7. The Hall–Kier alpha value is -4.21. The third-order valence-electron chi connectivity index (χ3n) is 8.88. The first-order valence-corrected chi connectivity index (χ1v) is 16.7. The molecule has 2 aliphatic heterocycles. The van der Waals surface area contributed by atoms with Gasteiger partial charge >= 0.3 is 0 Å². The molecule has 0 bridgehead atoms. The quantitative estimate of drug-likeness (QED) is 0.159. The van der Waals surface area contributed by atoms with E-state index < -0.39 is 18.3 Å². The number of benzene rings is 3. The Labute approximate surface area is 272 Å². The molecule has 0 saturated carbocycles. The number of halogens is 2. The number of nitrogens with zero attached hydrogens (tertiary/aromatic N) is 3. The van der Waals surface area contributed by atoms with E-state index in [1.165, 1.54) is 21.8 Å². The minimum Gasteiger partial charge on any atom is -0.339 e. The molecular weight excluding hydrogens is 602 g/mol. The van der Waals surface area contributed by atoms with E-state index >= 15 is 8.78 Å². The zero-order valence-corrected chi connectivity index (χ0v) is 26.7. The van der Waals surface area contributed by atoms with Crippen LogP contribution in [0.2, 0.25) is 0 Å². The molecule has 1 aromatic heterocycles. The lowest BCUT2D eigenvalue weighted by molar-refractivity contribution is -0.127. The third kappa shape index (κ3) is 7.11. The Morgan fingerprint density at radius 1 is 0.957 bits per heavy atom. The number of rotatable bonds is 8. The smallest absolute Gasteiger partial charge is 0.275 e. The van der Waals surface area contributed by atoms with E-state index in [0.717, 1.165) is 44.0 Å². The Morgan fingerprint density at radius 2 is 1.63 bits per heavy atom. The van der Waals surface area contributed by atoms with Gasteiger partial charge in [0.2, 0.25) is 5.91 Å². The highest BCUT2D eigenvalue weighted by molar-refractivity contribution is 7.17. The van der Waals surface area contributed by atoms with Crippen molar-refractivity contribution >= 4 is 34.4 Å². The number of alkyl halides is 2. The molecule has 9 heteroatoms. The summed E-state index contributed by atoms with van der Waals surface area (Å²) in [6.45, 7) is 4.38. The van der Waals surface area contributed by atoms with Crippen molar-refractivity contribution in [3.63, 3.8) is 0 Å². The second kappa shape index (κ2) is 14.1. The summed E-state index contributed by atoms with van der Waals surface area (Å²) in [7, 11) is 0. The zero-order valence-electron chi connectivity index (χ0n) is 25.9. The van der Waals surface area contributed by atoms with Crippen molar-refractivity contribution < 1.29 is 18.4 Å². The molecule has 0 radical (unpaired) electrons. The van der Waals surface area contributed by atoms with E-state index in [4.69, 9.17) is 0 Å². The van der Waals surface area contributed by atoms with Crippen LogP contribution in [0.5, 0.6) is 0 Å². The summed E-state index contributed by atoms with van der Waals surface area (Å²) in [4.78, 5) is 35.5. The number of aromatic nitrogens is 1. The van der Waals surface area contributed by atoms with Crippen LogP contribution in [0.1, 0.15) is 52.2 Å². The first-order chi connectivity index (χ1) is 22.3. The van der Waals surface area contributed by atoms with E-state index in [9.17, 15) is 9.59 Å². The van der Waals surface area contributed by atoms with Gasteiger partial charge in [0, 0.05) is 55.4 Å². The summed E-state index contributed by atoms with van der Waals surface area (Å²) in [6, 6.07) is 26.5. The minimum absolute atomic E-state index is 0.184. The van der Waals surface area contributed by atoms with Crippen LogP contribution in [0.25, 0.3) is 16.1 Å². The highest BCUT2D eigenvalue weighted by Gasteiger charge is 2.42. The topological polar surface area (TPSA) is 65.5 Å². The zero-order chi connectivity index (χ0) is 32.1. The van der Waals surface area contributed by atoms with Gasteiger partial charge < -0.3 is 15.1 Å². The van der Waals surface area contributed by atoms with Gasteiger partial charge in [-0.15, -0.1) is 11.3 Å². The van der Waals surface area contributed by atoms with Crippen molar-refractivity contribution in [2.75, 3.05) is 31.1 Å². The van der Waals surface area contributed by atoms with Crippen molar-refractivity contribution in [2.24, 2.45) is 5.92 Å². The number of fused-ring (bicyclic) bond motifs is 1. The number of hydrogen-bond acceptors (Lipinski definition) is 5. The van der Waals surface area contributed by atoms with Crippen LogP contribution in [0, 0.1) is 12.8 Å². The van der Waals surface area contributed by atoms with E-state index in [0.29, 0.717) is 40.3 Å². The molecule has 3 aromatic carbocycles. The van der Waals surface area contributed by atoms with Crippen molar-refractivity contribution in [3.05, 3.63) is 113 Å². The summed E-state index contributed by atoms with van der Waals surface area (Å²) in [5.74, 6) is -3.58. The average molecular weight is 641 g/mol. The fraction of sp³-hybridized carbons (Fsp3) is 0.324. The van der Waals surface area contributed by atoms with Crippen LogP contribution >= 0.6 is 11.3 Å². The first-order valence-electron chi connectivity index (χ1n) is 15.9. The van der Waals surface area contributed by atoms with Gasteiger partial charge in [-0.25, -0.2) is 13.8 Å². The van der Waals surface area contributed by atoms with Gasteiger partial charge in [-0.2, -0.15) is 0 Å². The van der Waals surface area contributed by atoms with Crippen molar-refractivity contribution in [1.29, 1.82) is 0 Å². The molecule has 0 atom stereocenters. The lowest BCUT2D eigenvalue weighted by Crippen LogP contribution is -2.38. The molecule has 3 heterocycles. The van der Waals surface area contributed by atoms with Gasteiger partial charge in [-0.05, 0) is 50.3 Å². The SMILES string of the molecule is Cc1nc(-c2ccccc2)sc1C(=O)N1CCC(F)(F)C(=CC(=O)N2CCC(CCNCc3ccccc3)CC2)c2ccccc21. The van der Waals surface area contributed by atoms with Crippen LogP contribution in [0.4, 0.5) is 14.5 Å². The summed E-state index contributed by atoms with van der Waals surface area (Å²) >= 11 is 1.26. The highest BCUT2D eigenvalue weighted by Crippen LogP contribution is 2.44. The van der Waals surface area contributed by atoms with Crippen LogP contribution < -0.4 is 10.2 Å². The molecule has 1 saturated heterocycles. The fourth-order valence-corrected chi connectivity index (χ4v) is 7.27. The summed E-state index contributed by atoms with van der Waals surface area (Å²) in [5.41, 5.74) is 2.95. The van der Waals surface area contributed by atoms with Crippen LogP contribution in [-0.2, 0) is 11.3 Å². The maximum atomic E-state index is 15.8. The number of aryl methyl sites for hydroxylation is 1. The maximum Gasteiger partial charge on any atom is 0.275 e. The van der Waals surface area contributed by atoms with Gasteiger partial charge in [0.15, 0.2) is 0 Å². The number of piperidine rings is 1. The molecule has 0 spiro atoms. The number of para-hydroxylation sites is 1. The number of carbonyl (C=O) groups is 2. The fourth-order valence-electron chi connectivity index (χ4n) is 6.25. The lowest BCUT2D eigenvalue weighted by atomic mass is 9.93. The molecule has 46 heavy (non-hydrogen) atoms. The third-order valence-corrected chi connectivity index (χ3v) is 10.1. The first kappa shape index (κ1) is 31.8. The molecule has 0 aliphatic carbocycles. The maximum absolute atomic E-state index is 15.8. The Balaban J connectivity index is 1.15. The predicted molar refractivity (Wildman–Crippen MR) is 180 cm³/mol. The van der Waals surface area contributed by atoms with Crippen molar-refractivity contribution in [2.45, 2.75) is 45.1 Å². The number of allylic oxidation sites excluding steroid dienone is 1. The van der Waals surface area contributed by atoms with Gasteiger partial charge in [0.05, 0.1) is 11.4 Å². The molecule has 238 valence electrons. The van der Waals surface area contributed by atoms with E-state index in [2.05, 4.69) is 22.4 Å². The van der Waals surface area contributed by atoms with Gasteiger partial charge in [-0.1, -0.05) is 78.9 Å². The number of hydrogen-bond donors (Lipinski definition) is 1. The molecule has 0 unspecified atom stereocenters. The molecule has 6 nitrogen and oxygen atoms in total. The van der Waals surface area contributed by atoms with Crippen LogP contribution in [0.15, 0.2) is 91.0 Å². The number of thiazole rings is 1. The predicted octanol–water partition coefficient (Wildman–Crippen LogP) is 7.61. The lowest BCUT2D eigenvalue weighted by Gasteiger charge is -2.32. The molecular formula is C37H38F2N4O2S. The standard InChI is InChI=1S/C37H38F2N4O2S/c1-26-34(46-35(41-26)29-12-6-3-7-13-29)36(45)43-23-19-37(38,39)31(30-14-8-9-15-32(30)43)24-33(44)42-21-17-27(18-22-42)16-20-40-25-28-10-4-2-5-11-28/h2-15,24,27,40H,16-23,25H2,1H3. The van der Waals surface area contributed by atoms with Gasteiger partial charge in [0.1, 0.15) is 9.88 Å². The molecule has 1 fully saturated rings. The normalized spacial score (nSPS) is 17.5. The van der Waals surface area contributed by atoms with E-state index in [1.54, 1.807) is 36.1 Å². The number of nitrogens with one attached hydrogen (secondary N) is 1. The molecule has 2 amide bonds. The van der Waals surface area contributed by atoms with Crippen molar-refractivity contribution in [3.8, 4) is 10.6 Å². The Morgan fingerprint density at radius 3 is 2.37 bits per heavy atom. The molecule has 6 rings (SSSR count). The molecule has 2 aliphatic rings. The molecule has 4 aromatic rings. The Bertz CT molecular complexity index is 1700. The molecule has 1 N–H and O–H groups in total.